The largest absolute Gasteiger partial charge is 0.398 e. The Balaban J connectivity index is 2.20. The molecule has 0 aliphatic heterocycles. The SMILES string of the molecule is Nc1ccc(NC(=O)C(=O)Nc2ccc(N)c(S(=O)(=O)O)c2)cc1S(=O)(=O)O. The number of nitrogens with two attached hydrogens (primary N) is 2. The van der Waals surface area contributed by atoms with Crippen molar-refractivity contribution in [3.05, 3.63) is 36.4 Å². The predicted octanol–water partition coefficient (Wildman–Crippen LogP) is -0.0784. The minimum Gasteiger partial charge on any atom is -0.398 e. The predicted molar refractivity (Wildman–Crippen MR) is 98.6 cm³/mol. The first kappa shape index (κ1) is 21.1. The van der Waals surface area contributed by atoms with Crippen LogP contribution in [0.3, 0.4) is 0 Å². The van der Waals surface area contributed by atoms with Crippen molar-refractivity contribution in [2.45, 2.75) is 9.79 Å². The van der Waals surface area contributed by atoms with Gasteiger partial charge in [-0.2, -0.15) is 16.8 Å². The molecule has 14 heteroatoms. The zero-order valence-corrected chi connectivity index (χ0v) is 15.4. The number of benzene rings is 2. The van der Waals surface area contributed by atoms with Gasteiger partial charge in [0, 0.05) is 11.4 Å². The number of carbonyl (C=O) groups excluding carboxylic acids is 2. The van der Waals surface area contributed by atoms with Gasteiger partial charge in [0.15, 0.2) is 0 Å². The second-order valence-corrected chi connectivity index (χ2v) is 8.14. The summed E-state index contributed by atoms with van der Waals surface area (Å²) in [7, 11) is -9.31. The van der Waals surface area contributed by atoms with E-state index in [0.717, 1.165) is 24.3 Å². The van der Waals surface area contributed by atoms with Crippen molar-refractivity contribution in [3.63, 3.8) is 0 Å². The summed E-state index contributed by atoms with van der Waals surface area (Å²) in [5.74, 6) is -2.48. The molecule has 0 heterocycles. The van der Waals surface area contributed by atoms with E-state index < -0.39 is 41.8 Å². The van der Waals surface area contributed by atoms with Gasteiger partial charge < -0.3 is 22.1 Å². The fraction of sp³-hybridized carbons (Fsp3) is 0. The van der Waals surface area contributed by atoms with E-state index in [1.54, 1.807) is 0 Å². The summed E-state index contributed by atoms with van der Waals surface area (Å²) in [6.45, 7) is 0. The van der Waals surface area contributed by atoms with Crippen LogP contribution in [0.15, 0.2) is 46.2 Å². The lowest BCUT2D eigenvalue weighted by Crippen LogP contribution is -2.29. The Morgan fingerprint density at radius 1 is 0.714 bits per heavy atom. The molecule has 0 spiro atoms. The lowest BCUT2D eigenvalue weighted by molar-refractivity contribution is -0.133. The van der Waals surface area contributed by atoms with E-state index >= 15 is 0 Å². The van der Waals surface area contributed by atoms with Crippen molar-refractivity contribution < 1.29 is 35.5 Å². The second kappa shape index (κ2) is 7.43. The van der Waals surface area contributed by atoms with Crippen LogP contribution in [0.2, 0.25) is 0 Å². The van der Waals surface area contributed by atoms with Gasteiger partial charge in [0.25, 0.3) is 20.2 Å². The Kier molecular flexibility index (Phi) is 5.60. The lowest BCUT2D eigenvalue weighted by atomic mass is 10.2. The normalized spacial score (nSPS) is 11.6. The average Bonchev–Trinajstić information content (AvgIpc) is 2.56. The number of rotatable bonds is 4. The third-order valence-corrected chi connectivity index (χ3v) is 5.12. The van der Waals surface area contributed by atoms with Crippen LogP contribution < -0.4 is 22.1 Å². The van der Waals surface area contributed by atoms with Crippen LogP contribution >= 0.6 is 0 Å². The molecule has 0 unspecified atom stereocenters. The van der Waals surface area contributed by atoms with Crippen molar-refractivity contribution >= 4 is 54.8 Å². The molecule has 28 heavy (non-hydrogen) atoms. The van der Waals surface area contributed by atoms with Crippen molar-refractivity contribution in [3.8, 4) is 0 Å². The number of nitrogen functional groups attached to an aromatic ring is 2. The van der Waals surface area contributed by atoms with E-state index in [2.05, 4.69) is 10.6 Å². The maximum absolute atomic E-state index is 12.0. The van der Waals surface area contributed by atoms with Crippen LogP contribution in [-0.4, -0.2) is 37.8 Å². The highest BCUT2D eigenvalue weighted by Crippen LogP contribution is 2.24. The Labute approximate surface area is 159 Å². The molecule has 0 aliphatic rings. The van der Waals surface area contributed by atoms with E-state index in [1.165, 1.54) is 12.1 Å². The summed E-state index contributed by atoms with van der Waals surface area (Å²) in [5, 5.41) is 4.17. The molecule has 0 saturated heterocycles. The number of nitrogens with one attached hydrogen (secondary N) is 2. The summed E-state index contributed by atoms with van der Waals surface area (Å²) >= 11 is 0. The van der Waals surface area contributed by atoms with Gasteiger partial charge >= 0.3 is 11.8 Å². The first-order valence-corrected chi connectivity index (χ1v) is 10.0. The summed E-state index contributed by atoms with van der Waals surface area (Å²) in [6.07, 6.45) is 0. The Hall–Kier alpha value is -3.20. The third kappa shape index (κ3) is 4.95. The van der Waals surface area contributed by atoms with Crippen molar-refractivity contribution in [2.24, 2.45) is 0 Å². The van der Waals surface area contributed by atoms with Crippen LogP contribution in [-0.2, 0) is 29.8 Å². The number of hydrogen-bond donors (Lipinski definition) is 6. The maximum atomic E-state index is 12.0. The molecule has 0 fully saturated rings. The minimum atomic E-state index is -4.65. The second-order valence-electron chi connectivity index (χ2n) is 5.36. The van der Waals surface area contributed by atoms with Crippen LogP contribution in [0.1, 0.15) is 0 Å². The summed E-state index contributed by atoms with van der Waals surface area (Å²) in [5.41, 5.74) is 9.98. The third-order valence-electron chi connectivity index (χ3n) is 3.30. The molecule has 0 aliphatic carbocycles. The van der Waals surface area contributed by atoms with Crippen molar-refractivity contribution in [1.29, 1.82) is 0 Å². The quantitative estimate of drug-likeness (QED) is 0.215. The van der Waals surface area contributed by atoms with Crippen LogP contribution in [0.5, 0.6) is 0 Å². The molecule has 0 saturated carbocycles. The summed E-state index contributed by atoms with van der Waals surface area (Å²) < 4.78 is 63.0. The monoisotopic (exact) mass is 430 g/mol. The first-order valence-electron chi connectivity index (χ1n) is 7.15. The smallest absolute Gasteiger partial charge is 0.314 e. The first-order chi connectivity index (χ1) is 12.8. The highest BCUT2D eigenvalue weighted by Gasteiger charge is 2.20. The van der Waals surface area contributed by atoms with E-state index in [9.17, 15) is 26.4 Å². The average molecular weight is 430 g/mol. The Morgan fingerprint density at radius 3 is 1.32 bits per heavy atom. The molecule has 150 valence electrons. The van der Waals surface area contributed by atoms with Gasteiger partial charge in [0.2, 0.25) is 0 Å². The number of anilines is 4. The van der Waals surface area contributed by atoms with Crippen molar-refractivity contribution in [2.75, 3.05) is 22.1 Å². The molecule has 2 aromatic carbocycles. The minimum absolute atomic E-state index is 0.155. The van der Waals surface area contributed by atoms with E-state index in [0.29, 0.717) is 0 Å². The molecule has 0 bridgehead atoms. The fourth-order valence-corrected chi connectivity index (χ4v) is 3.33. The molecular formula is C14H14N4O8S2. The van der Waals surface area contributed by atoms with Gasteiger partial charge in [0.1, 0.15) is 9.79 Å². The van der Waals surface area contributed by atoms with Gasteiger partial charge in [-0.05, 0) is 36.4 Å². The molecule has 0 aromatic heterocycles. The van der Waals surface area contributed by atoms with Crippen LogP contribution in [0.4, 0.5) is 22.7 Å². The fourth-order valence-electron chi connectivity index (χ4n) is 2.05. The van der Waals surface area contributed by atoms with Gasteiger partial charge in [-0.25, -0.2) is 0 Å². The number of carbonyl (C=O) groups is 2. The molecule has 2 rings (SSSR count). The molecule has 0 radical (unpaired) electrons. The standard InChI is InChI=1S/C14H14N4O8S2/c15-9-3-1-7(5-11(9)27(21,22)23)17-13(19)14(20)18-8-2-4-10(16)12(6-8)28(24,25)26/h1-6H,15-16H2,(H,17,19)(H,18,20)(H,21,22,23)(H,24,25,26). The van der Waals surface area contributed by atoms with Crippen molar-refractivity contribution in [1.82, 2.24) is 0 Å². The number of hydrogen-bond acceptors (Lipinski definition) is 8. The molecule has 2 aromatic rings. The Morgan fingerprint density at radius 2 is 1.04 bits per heavy atom. The molecule has 0 atom stereocenters. The lowest BCUT2D eigenvalue weighted by Gasteiger charge is -2.10. The summed E-state index contributed by atoms with van der Waals surface area (Å²) in [4.78, 5) is 22.6. The zero-order valence-electron chi connectivity index (χ0n) is 13.8. The zero-order chi connectivity index (χ0) is 21.3. The van der Waals surface area contributed by atoms with Gasteiger partial charge in [-0.3, -0.25) is 18.7 Å². The topological polar surface area (TPSA) is 219 Å². The molecule has 8 N–H and O–H groups in total. The van der Waals surface area contributed by atoms with Gasteiger partial charge in [-0.15, -0.1) is 0 Å². The van der Waals surface area contributed by atoms with Crippen LogP contribution in [0, 0.1) is 0 Å². The molecule has 2 amide bonds. The van der Waals surface area contributed by atoms with Gasteiger partial charge in [0.05, 0.1) is 11.4 Å². The maximum Gasteiger partial charge on any atom is 0.314 e. The highest BCUT2D eigenvalue weighted by atomic mass is 32.2. The van der Waals surface area contributed by atoms with Gasteiger partial charge in [-0.1, -0.05) is 0 Å². The van der Waals surface area contributed by atoms with E-state index in [1.807, 2.05) is 0 Å². The summed E-state index contributed by atoms with van der Waals surface area (Å²) in [6, 6.07) is 6.25. The van der Waals surface area contributed by atoms with E-state index in [-0.39, 0.29) is 22.7 Å². The molecular weight excluding hydrogens is 416 g/mol. The molecule has 12 nitrogen and oxygen atoms in total. The van der Waals surface area contributed by atoms with Crippen LogP contribution in [0.25, 0.3) is 0 Å². The highest BCUT2D eigenvalue weighted by molar-refractivity contribution is 7.86. The number of amides is 2. The van der Waals surface area contributed by atoms with E-state index in [4.69, 9.17) is 20.6 Å². The Bertz CT molecular complexity index is 1080.